The lowest BCUT2D eigenvalue weighted by Crippen LogP contribution is -2.06. The number of hydrogen-bond donors (Lipinski definition) is 0. The SMILES string of the molecule is C1=C\CCC2CCCCC\C(=C/1)C2. The molecule has 0 aromatic heterocycles. The molecule has 0 saturated heterocycles. The van der Waals surface area contributed by atoms with Crippen molar-refractivity contribution in [2.45, 2.75) is 51.4 Å². The van der Waals surface area contributed by atoms with Crippen LogP contribution in [-0.2, 0) is 0 Å². The van der Waals surface area contributed by atoms with Gasteiger partial charge in [0.05, 0.1) is 0 Å². The van der Waals surface area contributed by atoms with Gasteiger partial charge in [-0.25, -0.2) is 0 Å². The minimum absolute atomic E-state index is 0.997. The first-order valence-corrected chi connectivity index (χ1v) is 5.80. The second kappa shape index (κ2) is 4.64. The molecule has 0 N–H and O–H groups in total. The third-order valence-corrected chi connectivity index (χ3v) is 3.37. The quantitative estimate of drug-likeness (QED) is 0.518. The Morgan fingerprint density at radius 3 is 3.08 bits per heavy atom. The Morgan fingerprint density at radius 2 is 2.08 bits per heavy atom. The molecular formula is C13H20. The van der Waals surface area contributed by atoms with E-state index < -0.39 is 0 Å². The minimum Gasteiger partial charge on any atom is -0.0845 e. The van der Waals surface area contributed by atoms with E-state index in [0.717, 1.165) is 5.92 Å². The van der Waals surface area contributed by atoms with Crippen molar-refractivity contribution >= 4 is 0 Å². The molecule has 0 spiro atoms. The van der Waals surface area contributed by atoms with E-state index in [1.54, 1.807) is 5.57 Å². The number of allylic oxidation sites excluding steroid dienone is 4. The van der Waals surface area contributed by atoms with Gasteiger partial charge >= 0.3 is 0 Å². The molecule has 1 atom stereocenters. The molecule has 0 aliphatic heterocycles. The van der Waals surface area contributed by atoms with Crippen molar-refractivity contribution in [3.63, 3.8) is 0 Å². The van der Waals surface area contributed by atoms with E-state index in [-0.39, 0.29) is 0 Å². The molecule has 0 aromatic carbocycles. The van der Waals surface area contributed by atoms with Gasteiger partial charge < -0.3 is 0 Å². The standard InChI is InChI=1S/C13H20/c1-3-7-12-9-5-2-6-10-13(11-12)8-4-1/h1,3,7,13H,2,4-6,8-11H2/b3-1-,12-7+. The first-order valence-electron chi connectivity index (χ1n) is 5.80. The molecule has 2 rings (SSSR count). The van der Waals surface area contributed by atoms with Gasteiger partial charge in [-0.05, 0) is 38.0 Å². The zero-order valence-corrected chi connectivity index (χ0v) is 8.47. The Hall–Kier alpha value is -0.520. The van der Waals surface area contributed by atoms with Crippen LogP contribution in [0, 0.1) is 5.92 Å². The first kappa shape index (κ1) is 9.05. The van der Waals surface area contributed by atoms with Gasteiger partial charge in [0, 0.05) is 0 Å². The number of rotatable bonds is 0. The molecule has 2 aliphatic carbocycles. The topological polar surface area (TPSA) is 0 Å². The summed E-state index contributed by atoms with van der Waals surface area (Å²) in [5, 5.41) is 0. The Balaban J connectivity index is 2.06. The lowest BCUT2D eigenvalue weighted by atomic mass is 9.84. The molecule has 0 heteroatoms. The third kappa shape index (κ3) is 2.72. The van der Waals surface area contributed by atoms with Gasteiger partial charge in [0.25, 0.3) is 0 Å². The molecule has 2 aliphatic rings. The van der Waals surface area contributed by atoms with Crippen molar-refractivity contribution in [2.75, 3.05) is 0 Å². The molecule has 1 saturated carbocycles. The second-order valence-corrected chi connectivity index (χ2v) is 4.50. The van der Waals surface area contributed by atoms with E-state index in [1.807, 2.05) is 0 Å². The molecule has 1 fully saturated rings. The fraction of sp³-hybridized carbons (Fsp3) is 0.692. The van der Waals surface area contributed by atoms with Gasteiger partial charge in [0.1, 0.15) is 0 Å². The van der Waals surface area contributed by atoms with Crippen LogP contribution in [0.25, 0.3) is 0 Å². The van der Waals surface area contributed by atoms with Crippen molar-refractivity contribution in [1.29, 1.82) is 0 Å². The zero-order chi connectivity index (χ0) is 8.93. The van der Waals surface area contributed by atoms with Crippen LogP contribution in [0.2, 0.25) is 0 Å². The minimum atomic E-state index is 0.997. The molecule has 1 unspecified atom stereocenters. The van der Waals surface area contributed by atoms with Crippen molar-refractivity contribution in [3.05, 3.63) is 23.8 Å². The smallest absolute Gasteiger partial charge is 0.0289 e. The van der Waals surface area contributed by atoms with E-state index in [0.29, 0.717) is 0 Å². The average Bonchev–Trinajstić information content (AvgIpc) is 2.00. The van der Waals surface area contributed by atoms with Crippen molar-refractivity contribution < 1.29 is 0 Å². The summed E-state index contributed by atoms with van der Waals surface area (Å²) >= 11 is 0. The predicted octanol–water partition coefficient (Wildman–Crippen LogP) is 4.23. The second-order valence-electron chi connectivity index (χ2n) is 4.50. The van der Waals surface area contributed by atoms with E-state index in [1.165, 1.54) is 51.4 Å². The number of fused-ring (bicyclic) bond motifs is 2. The molecule has 13 heavy (non-hydrogen) atoms. The number of hydrogen-bond acceptors (Lipinski definition) is 0. The van der Waals surface area contributed by atoms with Gasteiger partial charge in [-0.2, -0.15) is 0 Å². The van der Waals surface area contributed by atoms with Crippen LogP contribution in [0.4, 0.5) is 0 Å². The van der Waals surface area contributed by atoms with Crippen LogP contribution < -0.4 is 0 Å². The van der Waals surface area contributed by atoms with E-state index in [9.17, 15) is 0 Å². The molecule has 0 amide bonds. The molecule has 0 nitrogen and oxygen atoms in total. The van der Waals surface area contributed by atoms with Crippen LogP contribution in [0.5, 0.6) is 0 Å². The van der Waals surface area contributed by atoms with Gasteiger partial charge in [-0.3, -0.25) is 0 Å². The lowest BCUT2D eigenvalue weighted by Gasteiger charge is -2.22. The van der Waals surface area contributed by atoms with Gasteiger partial charge in [0.15, 0.2) is 0 Å². The highest BCUT2D eigenvalue weighted by Crippen LogP contribution is 2.30. The molecule has 0 heterocycles. The third-order valence-electron chi connectivity index (χ3n) is 3.37. The van der Waals surface area contributed by atoms with Gasteiger partial charge in [0.2, 0.25) is 0 Å². The summed E-state index contributed by atoms with van der Waals surface area (Å²) in [5.74, 6) is 0.997. The van der Waals surface area contributed by atoms with Gasteiger partial charge in [-0.15, -0.1) is 0 Å². The van der Waals surface area contributed by atoms with Gasteiger partial charge in [-0.1, -0.05) is 43.1 Å². The Kier molecular flexibility index (Phi) is 3.23. The molecule has 72 valence electrons. The highest BCUT2D eigenvalue weighted by molar-refractivity contribution is 5.15. The summed E-state index contributed by atoms with van der Waals surface area (Å²) < 4.78 is 0. The Bertz CT molecular complexity index is 210. The molecular weight excluding hydrogens is 156 g/mol. The fourth-order valence-electron chi connectivity index (χ4n) is 2.57. The normalized spacial score (nSPS) is 36.0. The highest BCUT2D eigenvalue weighted by atomic mass is 14.2. The largest absolute Gasteiger partial charge is 0.0845 e. The summed E-state index contributed by atoms with van der Waals surface area (Å²) in [7, 11) is 0. The van der Waals surface area contributed by atoms with Crippen molar-refractivity contribution in [3.8, 4) is 0 Å². The maximum absolute atomic E-state index is 2.37. The summed E-state index contributed by atoms with van der Waals surface area (Å²) in [5.41, 5.74) is 1.71. The summed E-state index contributed by atoms with van der Waals surface area (Å²) in [6, 6.07) is 0. The Labute approximate surface area is 81.7 Å². The van der Waals surface area contributed by atoms with E-state index in [2.05, 4.69) is 18.2 Å². The maximum atomic E-state index is 2.37. The first-order chi connectivity index (χ1) is 6.45. The van der Waals surface area contributed by atoms with Crippen LogP contribution in [-0.4, -0.2) is 0 Å². The van der Waals surface area contributed by atoms with Crippen LogP contribution in [0.1, 0.15) is 51.4 Å². The average molecular weight is 176 g/mol. The maximum Gasteiger partial charge on any atom is -0.0289 e. The monoisotopic (exact) mass is 176 g/mol. The lowest BCUT2D eigenvalue weighted by molar-refractivity contribution is 0.401. The van der Waals surface area contributed by atoms with E-state index in [4.69, 9.17) is 0 Å². The predicted molar refractivity (Wildman–Crippen MR) is 57.6 cm³/mol. The van der Waals surface area contributed by atoms with Crippen LogP contribution in [0.3, 0.4) is 0 Å². The highest BCUT2D eigenvalue weighted by Gasteiger charge is 2.14. The molecule has 2 bridgehead atoms. The van der Waals surface area contributed by atoms with Crippen molar-refractivity contribution in [1.82, 2.24) is 0 Å². The summed E-state index contributed by atoms with van der Waals surface area (Å²) in [6.45, 7) is 0. The molecule has 0 radical (unpaired) electrons. The summed E-state index contributed by atoms with van der Waals surface area (Å²) in [6.07, 6.45) is 18.3. The molecule has 0 aromatic rings. The van der Waals surface area contributed by atoms with Crippen LogP contribution in [0.15, 0.2) is 23.8 Å². The van der Waals surface area contributed by atoms with E-state index >= 15 is 0 Å². The Morgan fingerprint density at radius 1 is 1.08 bits per heavy atom. The summed E-state index contributed by atoms with van der Waals surface area (Å²) in [4.78, 5) is 0. The van der Waals surface area contributed by atoms with Crippen LogP contribution >= 0.6 is 0 Å². The van der Waals surface area contributed by atoms with Crippen molar-refractivity contribution in [2.24, 2.45) is 5.92 Å². The fourth-order valence-corrected chi connectivity index (χ4v) is 2.57. The zero-order valence-electron chi connectivity index (χ0n) is 8.47.